The van der Waals surface area contributed by atoms with E-state index in [1.807, 2.05) is 45.0 Å². The lowest BCUT2D eigenvalue weighted by atomic mass is 9.86. The van der Waals surface area contributed by atoms with E-state index in [2.05, 4.69) is 15.7 Å². The average Bonchev–Trinajstić information content (AvgIpc) is 3.11. The molecule has 0 fully saturated rings. The summed E-state index contributed by atoms with van der Waals surface area (Å²) in [6, 6.07) is 14.6. The summed E-state index contributed by atoms with van der Waals surface area (Å²) in [7, 11) is 0. The minimum absolute atomic E-state index is 0.189. The van der Waals surface area contributed by atoms with Gasteiger partial charge in [-0.15, -0.1) is 0 Å². The number of nitriles is 1. The summed E-state index contributed by atoms with van der Waals surface area (Å²) in [6.45, 7) is 6.14. The van der Waals surface area contributed by atoms with E-state index in [1.165, 1.54) is 12.1 Å². The molecule has 1 aromatic heterocycles. The maximum atomic E-state index is 13.2. The molecule has 0 bridgehead atoms. The predicted octanol–water partition coefficient (Wildman–Crippen LogP) is 3.40. The molecule has 2 amide bonds. The van der Waals surface area contributed by atoms with Crippen LogP contribution in [0.25, 0.3) is 10.9 Å². The first-order chi connectivity index (χ1) is 15.2. The lowest BCUT2D eigenvalue weighted by Crippen LogP contribution is -2.53. The topological polar surface area (TPSA) is 99.8 Å². The van der Waals surface area contributed by atoms with Gasteiger partial charge in [0.15, 0.2) is 5.69 Å². The van der Waals surface area contributed by atoms with Crippen molar-refractivity contribution in [3.8, 4) is 6.07 Å². The van der Waals surface area contributed by atoms with E-state index in [4.69, 9.17) is 5.26 Å². The first kappa shape index (κ1) is 22.9. The summed E-state index contributed by atoms with van der Waals surface area (Å²) in [5, 5.41) is 19.4. The van der Waals surface area contributed by atoms with Gasteiger partial charge in [0.25, 0.3) is 5.91 Å². The Morgan fingerprint density at radius 3 is 2.50 bits per heavy atom. The second-order valence-corrected chi connectivity index (χ2v) is 8.62. The first-order valence-corrected chi connectivity index (χ1v) is 10.4. The largest absolute Gasteiger partial charge is 0.353 e. The van der Waals surface area contributed by atoms with E-state index >= 15 is 0 Å². The normalized spacial score (nSPS) is 12.2. The van der Waals surface area contributed by atoms with Crippen molar-refractivity contribution in [2.75, 3.05) is 6.54 Å². The van der Waals surface area contributed by atoms with Gasteiger partial charge >= 0.3 is 0 Å². The summed E-state index contributed by atoms with van der Waals surface area (Å²) < 4.78 is 14.9. The molecule has 1 unspecified atom stereocenters. The maximum Gasteiger partial charge on any atom is 0.273 e. The number of para-hydroxylation sites is 1. The summed E-state index contributed by atoms with van der Waals surface area (Å²) in [6.07, 6.45) is 0.189. The molecule has 0 aliphatic heterocycles. The van der Waals surface area contributed by atoms with Crippen molar-refractivity contribution in [1.29, 1.82) is 5.26 Å². The number of rotatable bonds is 7. The van der Waals surface area contributed by atoms with E-state index in [0.29, 0.717) is 11.9 Å². The fourth-order valence-corrected chi connectivity index (χ4v) is 3.40. The molecule has 166 valence electrons. The molecular formula is C24H26FN5O2. The number of carbonyl (C=O) groups excluding carboxylic acids is 2. The van der Waals surface area contributed by atoms with Crippen LogP contribution in [-0.2, 0) is 11.3 Å². The molecule has 0 spiro atoms. The van der Waals surface area contributed by atoms with Crippen molar-refractivity contribution < 1.29 is 14.0 Å². The average molecular weight is 436 g/mol. The van der Waals surface area contributed by atoms with Gasteiger partial charge in [-0.1, -0.05) is 51.1 Å². The van der Waals surface area contributed by atoms with Gasteiger partial charge < -0.3 is 10.6 Å². The van der Waals surface area contributed by atoms with E-state index < -0.39 is 17.4 Å². The molecule has 0 aliphatic rings. The number of hydrogen-bond acceptors (Lipinski definition) is 4. The van der Waals surface area contributed by atoms with Crippen LogP contribution in [0.4, 0.5) is 4.39 Å². The molecule has 0 radical (unpaired) electrons. The van der Waals surface area contributed by atoms with Crippen molar-refractivity contribution in [3.05, 3.63) is 65.6 Å². The Labute approximate surface area is 186 Å². The molecule has 3 aromatic rings. The highest BCUT2D eigenvalue weighted by Crippen LogP contribution is 2.23. The first-order valence-electron chi connectivity index (χ1n) is 10.4. The van der Waals surface area contributed by atoms with Crippen LogP contribution in [-0.4, -0.2) is 34.2 Å². The Morgan fingerprint density at radius 1 is 1.16 bits per heavy atom. The molecule has 1 atom stereocenters. The molecule has 2 N–H and O–H groups in total. The zero-order chi connectivity index (χ0) is 23.3. The monoisotopic (exact) mass is 435 g/mol. The fourth-order valence-electron chi connectivity index (χ4n) is 3.40. The number of hydrogen-bond donors (Lipinski definition) is 2. The highest BCUT2D eigenvalue weighted by molar-refractivity contribution is 6.06. The number of aromatic nitrogens is 2. The lowest BCUT2D eigenvalue weighted by molar-refractivity contribution is -0.125. The molecule has 3 rings (SSSR count). The zero-order valence-electron chi connectivity index (χ0n) is 18.4. The minimum atomic E-state index is -0.810. The van der Waals surface area contributed by atoms with Crippen LogP contribution >= 0.6 is 0 Å². The van der Waals surface area contributed by atoms with E-state index in [9.17, 15) is 14.0 Å². The van der Waals surface area contributed by atoms with Crippen LogP contribution in [0, 0.1) is 22.6 Å². The van der Waals surface area contributed by atoms with Gasteiger partial charge in [-0.25, -0.2) is 4.39 Å². The zero-order valence-corrected chi connectivity index (χ0v) is 18.4. The molecular weight excluding hydrogens is 409 g/mol. The number of fused-ring (bicyclic) bond motifs is 1. The van der Waals surface area contributed by atoms with Gasteiger partial charge in [0.1, 0.15) is 11.9 Å². The van der Waals surface area contributed by atoms with Crippen molar-refractivity contribution in [2.45, 2.75) is 39.8 Å². The third kappa shape index (κ3) is 5.30. The highest BCUT2D eigenvalue weighted by atomic mass is 19.1. The molecule has 7 nitrogen and oxygen atoms in total. The predicted molar refractivity (Wildman–Crippen MR) is 119 cm³/mol. The maximum absolute atomic E-state index is 13.2. The Hall–Kier alpha value is -3.73. The van der Waals surface area contributed by atoms with Crippen LogP contribution in [0.2, 0.25) is 0 Å². The van der Waals surface area contributed by atoms with Crippen LogP contribution in [0.1, 0.15) is 43.2 Å². The van der Waals surface area contributed by atoms with Gasteiger partial charge in [0, 0.05) is 11.9 Å². The molecule has 0 aliphatic carbocycles. The quantitative estimate of drug-likeness (QED) is 0.556. The van der Waals surface area contributed by atoms with Gasteiger partial charge in [-0.05, 0) is 29.2 Å². The Morgan fingerprint density at radius 2 is 1.84 bits per heavy atom. The molecule has 2 aromatic carbocycles. The van der Waals surface area contributed by atoms with Crippen molar-refractivity contribution in [1.82, 2.24) is 20.4 Å². The molecule has 1 heterocycles. The SMILES string of the molecule is CC(C)(C)C(NC(=O)c1nn(Cc2ccc(F)cc2)c2ccccc12)C(=O)NCCC#N. The van der Waals surface area contributed by atoms with E-state index in [-0.39, 0.29) is 30.4 Å². The fraction of sp³-hybridized carbons (Fsp3) is 0.333. The number of benzene rings is 2. The van der Waals surface area contributed by atoms with Gasteiger partial charge in [-0.2, -0.15) is 10.4 Å². The van der Waals surface area contributed by atoms with E-state index in [0.717, 1.165) is 11.1 Å². The number of nitrogens with one attached hydrogen (secondary N) is 2. The number of nitrogens with zero attached hydrogens (tertiary/aromatic N) is 3. The van der Waals surface area contributed by atoms with Crippen molar-refractivity contribution in [2.24, 2.45) is 5.41 Å². The van der Waals surface area contributed by atoms with Crippen LogP contribution in [0.15, 0.2) is 48.5 Å². The van der Waals surface area contributed by atoms with Crippen molar-refractivity contribution >= 4 is 22.7 Å². The highest BCUT2D eigenvalue weighted by Gasteiger charge is 2.33. The number of halogens is 1. The molecule has 0 saturated heterocycles. The summed E-state index contributed by atoms with van der Waals surface area (Å²) >= 11 is 0. The standard InChI is InChI=1S/C24H26FN5O2/c1-24(2,3)21(23(32)27-14-6-13-26)28-22(31)20-18-7-4-5-8-19(18)30(29-20)15-16-9-11-17(25)12-10-16/h4-5,7-12,21H,6,14-15H2,1-3H3,(H,27,32)(H,28,31). The smallest absolute Gasteiger partial charge is 0.273 e. The molecule has 8 heteroatoms. The summed E-state index contributed by atoms with van der Waals surface area (Å²) in [5.41, 5.74) is 1.25. The van der Waals surface area contributed by atoms with Crippen molar-refractivity contribution in [3.63, 3.8) is 0 Å². The van der Waals surface area contributed by atoms with Gasteiger partial charge in [0.2, 0.25) is 5.91 Å². The minimum Gasteiger partial charge on any atom is -0.353 e. The summed E-state index contributed by atoms with van der Waals surface area (Å²) in [4.78, 5) is 25.9. The Kier molecular flexibility index (Phi) is 6.89. The summed E-state index contributed by atoms with van der Waals surface area (Å²) in [5.74, 6) is -1.13. The molecule has 0 saturated carbocycles. The second-order valence-electron chi connectivity index (χ2n) is 8.62. The lowest BCUT2D eigenvalue weighted by Gasteiger charge is -2.30. The number of carbonyl (C=O) groups is 2. The van der Waals surface area contributed by atoms with Crippen LogP contribution in [0.5, 0.6) is 0 Å². The Balaban J connectivity index is 1.89. The Bertz CT molecular complexity index is 1160. The molecule has 32 heavy (non-hydrogen) atoms. The third-order valence-corrected chi connectivity index (χ3v) is 5.06. The second kappa shape index (κ2) is 9.60. The third-order valence-electron chi connectivity index (χ3n) is 5.06. The van der Waals surface area contributed by atoms with Crippen LogP contribution < -0.4 is 10.6 Å². The van der Waals surface area contributed by atoms with Crippen LogP contribution in [0.3, 0.4) is 0 Å². The van der Waals surface area contributed by atoms with E-state index in [1.54, 1.807) is 22.9 Å². The number of amides is 2. The van der Waals surface area contributed by atoms with Gasteiger partial charge in [-0.3, -0.25) is 14.3 Å². The van der Waals surface area contributed by atoms with Gasteiger partial charge in [0.05, 0.1) is 24.6 Å².